The number of rotatable bonds is 5. The van der Waals surface area contributed by atoms with E-state index in [1.165, 1.54) is 0 Å². The highest BCUT2D eigenvalue weighted by Crippen LogP contribution is 2.27. The molecule has 1 aliphatic heterocycles. The Kier molecular flexibility index (Phi) is 5.13. The van der Waals surface area contributed by atoms with Crippen LogP contribution in [0.15, 0.2) is 41.8 Å². The molecule has 0 radical (unpaired) electrons. The van der Waals surface area contributed by atoms with Crippen LogP contribution in [0, 0.1) is 0 Å². The van der Waals surface area contributed by atoms with Gasteiger partial charge in [0.15, 0.2) is 0 Å². The summed E-state index contributed by atoms with van der Waals surface area (Å²) in [6.45, 7) is 1.02. The lowest BCUT2D eigenvalue weighted by atomic mass is 10.0. The third-order valence-corrected chi connectivity index (χ3v) is 5.12. The van der Waals surface area contributed by atoms with E-state index in [2.05, 4.69) is 16.7 Å². The van der Waals surface area contributed by atoms with Gasteiger partial charge in [-0.3, -0.25) is 4.79 Å². The van der Waals surface area contributed by atoms with Crippen molar-refractivity contribution in [1.82, 2.24) is 10.6 Å². The summed E-state index contributed by atoms with van der Waals surface area (Å²) in [5.74, 6) is 0.0905. The van der Waals surface area contributed by atoms with E-state index in [1.54, 1.807) is 11.3 Å². The zero-order chi connectivity index (χ0) is 15.4. The first-order chi connectivity index (χ1) is 10.7. The minimum absolute atomic E-state index is 0.0905. The van der Waals surface area contributed by atoms with Crippen molar-refractivity contribution >= 4 is 28.8 Å². The first-order valence-corrected chi connectivity index (χ1v) is 8.80. The van der Waals surface area contributed by atoms with Gasteiger partial charge in [-0.2, -0.15) is 0 Å². The van der Waals surface area contributed by atoms with Crippen molar-refractivity contribution in [3.05, 3.63) is 57.2 Å². The van der Waals surface area contributed by atoms with Crippen molar-refractivity contribution in [3.8, 4) is 0 Å². The second-order valence-corrected chi connectivity index (χ2v) is 6.98. The van der Waals surface area contributed by atoms with Gasteiger partial charge in [0.05, 0.1) is 6.04 Å². The van der Waals surface area contributed by atoms with E-state index < -0.39 is 0 Å². The summed E-state index contributed by atoms with van der Waals surface area (Å²) < 4.78 is 0. The third kappa shape index (κ3) is 3.88. The summed E-state index contributed by atoms with van der Waals surface area (Å²) in [5, 5.41) is 9.27. The number of carbonyl (C=O) groups excluding carboxylic acids is 1. The van der Waals surface area contributed by atoms with Crippen LogP contribution in [0.2, 0.25) is 5.02 Å². The van der Waals surface area contributed by atoms with E-state index in [0.717, 1.165) is 29.8 Å². The van der Waals surface area contributed by atoms with Crippen molar-refractivity contribution in [2.24, 2.45) is 0 Å². The number of thiophene rings is 1. The molecular formula is C17H19ClN2OS. The molecule has 1 saturated heterocycles. The first-order valence-electron chi connectivity index (χ1n) is 7.54. The van der Waals surface area contributed by atoms with Gasteiger partial charge >= 0.3 is 0 Å². The van der Waals surface area contributed by atoms with Crippen molar-refractivity contribution < 1.29 is 4.79 Å². The van der Waals surface area contributed by atoms with Crippen LogP contribution < -0.4 is 10.6 Å². The van der Waals surface area contributed by atoms with Crippen molar-refractivity contribution in [2.45, 2.75) is 31.3 Å². The van der Waals surface area contributed by atoms with Crippen molar-refractivity contribution in [3.63, 3.8) is 0 Å². The average molecular weight is 335 g/mol. The Hall–Kier alpha value is -1.36. The number of amides is 1. The summed E-state index contributed by atoms with van der Waals surface area (Å²) >= 11 is 7.62. The maximum atomic E-state index is 12.4. The van der Waals surface area contributed by atoms with Crippen LogP contribution in [0.5, 0.6) is 0 Å². The number of benzene rings is 1. The fraction of sp³-hybridized carbons (Fsp3) is 0.353. The molecule has 5 heteroatoms. The van der Waals surface area contributed by atoms with Crippen LogP contribution in [0.25, 0.3) is 0 Å². The zero-order valence-corrected chi connectivity index (χ0v) is 13.8. The summed E-state index contributed by atoms with van der Waals surface area (Å²) in [7, 11) is 0. The number of halogens is 1. The first kappa shape index (κ1) is 15.5. The van der Waals surface area contributed by atoms with Gasteiger partial charge in [0.1, 0.15) is 0 Å². The molecule has 0 aliphatic carbocycles. The molecule has 0 spiro atoms. The Balaban J connectivity index is 1.74. The fourth-order valence-electron chi connectivity index (χ4n) is 2.80. The van der Waals surface area contributed by atoms with Gasteiger partial charge in [-0.1, -0.05) is 29.8 Å². The summed E-state index contributed by atoms with van der Waals surface area (Å²) in [4.78, 5) is 13.5. The van der Waals surface area contributed by atoms with Crippen LogP contribution in [0.3, 0.4) is 0 Å². The second-order valence-electron chi connectivity index (χ2n) is 5.56. The highest BCUT2D eigenvalue weighted by molar-refractivity contribution is 7.10. The van der Waals surface area contributed by atoms with Crippen LogP contribution in [-0.2, 0) is 4.79 Å². The van der Waals surface area contributed by atoms with Gasteiger partial charge < -0.3 is 10.6 Å². The Morgan fingerprint density at radius 1 is 1.36 bits per heavy atom. The Bertz CT molecular complexity index is 606. The molecule has 1 aromatic carbocycles. The molecule has 2 atom stereocenters. The monoisotopic (exact) mass is 334 g/mol. The van der Waals surface area contributed by atoms with Gasteiger partial charge in [0.2, 0.25) is 5.91 Å². The average Bonchev–Trinajstić information content (AvgIpc) is 3.19. The molecule has 2 aromatic rings. The fourth-order valence-corrected chi connectivity index (χ4v) is 3.73. The number of hydrogen-bond acceptors (Lipinski definition) is 3. The van der Waals surface area contributed by atoms with Crippen molar-refractivity contribution in [1.29, 1.82) is 0 Å². The van der Waals surface area contributed by atoms with Gasteiger partial charge in [-0.15, -0.1) is 11.3 Å². The van der Waals surface area contributed by atoms with E-state index in [-0.39, 0.29) is 11.9 Å². The minimum atomic E-state index is -0.105. The van der Waals surface area contributed by atoms with E-state index in [4.69, 9.17) is 11.6 Å². The highest BCUT2D eigenvalue weighted by Gasteiger charge is 2.22. The summed E-state index contributed by atoms with van der Waals surface area (Å²) in [6, 6.07) is 11.9. The lowest BCUT2D eigenvalue weighted by molar-refractivity contribution is -0.122. The largest absolute Gasteiger partial charge is 0.344 e. The topological polar surface area (TPSA) is 41.1 Å². The number of hydrogen-bond donors (Lipinski definition) is 2. The maximum Gasteiger partial charge on any atom is 0.222 e. The van der Waals surface area contributed by atoms with Crippen LogP contribution in [0.4, 0.5) is 0 Å². The van der Waals surface area contributed by atoms with Crippen molar-refractivity contribution in [2.75, 3.05) is 6.54 Å². The number of nitrogens with one attached hydrogen (secondary N) is 2. The maximum absolute atomic E-state index is 12.4. The molecule has 22 heavy (non-hydrogen) atoms. The van der Waals surface area contributed by atoms with E-state index in [9.17, 15) is 4.79 Å². The van der Waals surface area contributed by atoms with Gasteiger partial charge in [-0.05, 0) is 48.5 Å². The Morgan fingerprint density at radius 2 is 2.18 bits per heavy atom. The van der Waals surface area contributed by atoms with Gasteiger partial charge in [0.25, 0.3) is 0 Å². The summed E-state index contributed by atoms with van der Waals surface area (Å²) in [5.41, 5.74) is 1.06. The third-order valence-electron chi connectivity index (χ3n) is 3.93. The summed E-state index contributed by atoms with van der Waals surface area (Å²) in [6.07, 6.45) is 2.77. The standard InChI is InChI=1S/C17H19ClN2OS/c18-13-7-5-12(6-8-13)17(15-4-2-10-22-15)20-16(21)11-14-3-1-9-19-14/h2,4-8,10,14,17,19H,1,3,9,11H2,(H,20,21). The highest BCUT2D eigenvalue weighted by atomic mass is 35.5. The van der Waals surface area contributed by atoms with Crippen LogP contribution >= 0.6 is 22.9 Å². The van der Waals surface area contributed by atoms with Crippen LogP contribution in [-0.4, -0.2) is 18.5 Å². The lowest BCUT2D eigenvalue weighted by Gasteiger charge is -2.19. The molecule has 0 bridgehead atoms. The lowest BCUT2D eigenvalue weighted by Crippen LogP contribution is -2.34. The predicted molar refractivity (Wildman–Crippen MR) is 91.4 cm³/mol. The van der Waals surface area contributed by atoms with Gasteiger partial charge in [0, 0.05) is 22.4 Å². The molecule has 3 rings (SSSR count). The van der Waals surface area contributed by atoms with Gasteiger partial charge in [-0.25, -0.2) is 0 Å². The molecule has 116 valence electrons. The normalized spacial score (nSPS) is 19.0. The Labute approximate surface area is 139 Å². The molecule has 2 heterocycles. The predicted octanol–water partition coefficient (Wildman–Crippen LogP) is 3.75. The van der Waals surface area contributed by atoms with E-state index in [0.29, 0.717) is 17.5 Å². The molecule has 1 amide bonds. The van der Waals surface area contributed by atoms with E-state index in [1.807, 2.05) is 35.7 Å². The molecule has 0 saturated carbocycles. The zero-order valence-electron chi connectivity index (χ0n) is 12.2. The molecular weight excluding hydrogens is 316 g/mol. The molecule has 2 unspecified atom stereocenters. The van der Waals surface area contributed by atoms with E-state index >= 15 is 0 Å². The SMILES string of the molecule is O=C(CC1CCCN1)NC(c1ccc(Cl)cc1)c1cccs1. The molecule has 2 N–H and O–H groups in total. The second kappa shape index (κ2) is 7.27. The molecule has 1 aromatic heterocycles. The molecule has 3 nitrogen and oxygen atoms in total. The molecule has 1 fully saturated rings. The van der Waals surface area contributed by atoms with Crippen LogP contribution in [0.1, 0.15) is 35.7 Å². The molecule has 1 aliphatic rings. The smallest absolute Gasteiger partial charge is 0.222 e. The quantitative estimate of drug-likeness (QED) is 0.874. The minimum Gasteiger partial charge on any atom is -0.344 e. The number of carbonyl (C=O) groups is 1. The Morgan fingerprint density at radius 3 is 2.82 bits per heavy atom.